The van der Waals surface area contributed by atoms with Crippen molar-refractivity contribution >= 4 is 17.5 Å². The minimum Gasteiger partial charge on any atom is -0.395 e. The Bertz CT molecular complexity index is 519. The van der Waals surface area contributed by atoms with Crippen LogP contribution in [0.25, 0.3) is 6.20 Å². The number of rotatable bonds is 7. The zero-order valence-electron chi connectivity index (χ0n) is 11.1. The molecule has 2 aromatic rings. The van der Waals surface area contributed by atoms with E-state index in [0.29, 0.717) is 6.54 Å². The summed E-state index contributed by atoms with van der Waals surface area (Å²) in [7, 11) is 0. The Balaban J connectivity index is 2.06. The van der Waals surface area contributed by atoms with Crippen molar-refractivity contribution in [3.8, 4) is 0 Å². The van der Waals surface area contributed by atoms with Crippen LogP contribution in [0, 0.1) is 6.92 Å². The molecule has 0 aliphatic heterocycles. The Hall–Kier alpha value is -1.43. The largest absolute Gasteiger partial charge is 0.395 e. The standard InChI is InChI=1S/C14H19N3OS/c1-3-17-10-13(12(2)15-17)9-16(6-7-18)11-14-5-4-8-19-14/h3-5,8,10,18H,1,6-7,9,11H2,2H3. The van der Waals surface area contributed by atoms with E-state index in [1.807, 2.05) is 13.1 Å². The molecule has 0 radical (unpaired) electrons. The van der Waals surface area contributed by atoms with Gasteiger partial charge in [0.05, 0.1) is 12.3 Å². The molecule has 0 fully saturated rings. The Morgan fingerprint density at radius 3 is 2.95 bits per heavy atom. The van der Waals surface area contributed by atoms with E-state index in [9.17, 15) is 5.11 Å². The molecule has 0 bridgehead atoms. The third-order valence-electron chi connectivity index (χ3n) is 2.98. The number of nitrogens with zero attached hydrogens (tertiary/aromatic N) is 3. The first-order valence-electron chi connectivity index (χ1n) is 6.25. The average Bonchev–Trinajstić information content (AvgIpc) is 3.00. The van der Waals surface area contributed by atoms with Gasteiger partial charge in [-0.15, -0.1) is 11.3 Å². The number of aliphatic hydroxyl groups is 1. The molecule has 1 N–H and O–H groups in total. The van der Waals surface area contributed by atoms with Crippen molar-refractivity contribution in [2.75, 3.05) is 13.2 Å². The fraction of sp³-hybridized carbons (Fsp3) is 0.357. The van der Waals surface area contributed by atoms with E-state index in [1.54, 1.807) is 22.2 Å². The summed E-state index contributed by atoms with van der Waals surface area (Å²) >= 11 is 1.74. The van der Waals surface area contributed by atoms with E-state index in [1.165, 1.54) is 10.4 Å². The highest BCUT2D eigenvalue weighted by Crippen LogP contribution is 2.15. The Kier molecular flexibility index (Phi) is 4.90. The number of thiophene rings is 1. The number of aromatic nitrogens is 2. The number of hydrogen-bond acceptors (Lipinski definition) is 4. The molecule has 102 valence electrons. The van der Waals surface area contributed by atoms with Crippen molar-refractivity contribution in [2.45, 2.75) is 20.0 Å². The first-order valence-corrected chi connectivity index (χ1v) is 7.13. The van der Waals surface area contributed by atoms with Gasteiger partial charge < -0.3 is 5.11 Å². The minimum absolute atomic E-state index is 0.167. The molecule has 0 spiro atoms. The van der Waals surface area contributed by atoms with Crippen molar-refractivity contribution in [1.82, 2.24) is 14.7 Å². The number of aliphatic hydroxyl groups excluding tert-OH is 1. The van der Waals surface area contributed by atoms with Crippen LogP contribution in [0.5, 0.6) is 0 Å². The third-order valence-corrected chi connectivity index (χ3v) is 3.84. The van der Waals surface area contributed by atoms with Crippen LogP contribution in [-0.4, -0.2) is 32.9 Å². The van der Waals surface area contributed by atoms with Crippen LogP contribution >= 0.6 is 11.3 Å². The summed E-state index contributed by atoms with van der Waals surface area (Å²) in [5, 5.41) is 15.6. The Morgan fingerprint density at radius 1 is 1.53 bits per heavy atom. The van der Waals surface area contributed by atoms with Gasteiger partial charge >= 0.3 is 0 Å². The molecule has 0 amide bonds. The van der Waals surface area contributed by atoms with Crippen LogP contribution in [0.4, 0.5) is 0 Å². The summed E-state index contributed by atoms with van der Waals surface area (Å²) in [6.07, 6.45) is 3.67. The molecule has 0 aliphatic rings. The lowest BCUT2D eigenvalue weighted by molar-refractivity contribution is 0.185. The van der Waals surface area contributed by atoms with E-state index in [0.717, 1.165) is 18.8 Å². The maximum Gasteiger partial charge on any atom is 0.0642 e. The maximum absolute atomic E-state index is 9.19. The van der Waals surface area contributed by atoms with Gasteiger partial charge in [-0.05, 0) is 18.4 Å². The van der Waals surface area contributed by atoms with E-state index in [2.05, 4.69) is 34.1 Å². The molecule has 0 saturated heterocycles. The van der Waals surface area contributed by atoms with Gasteiger partial charge in [-0.1, -0.05) is 12.6 Å². The first-order chi connectivity index (χ1) is 9.22. The molecule has 2 heterocycles. The molecule has 0 atom stereocenters. The molecule has 0 aromatic carbocycles. The minimum atomic E-state index is 0.167. The van der Waals surface area contributed by atoms with Gasteiger partial charge in [0.15, 0.2) is 0 Å². The van der Waals surface area contributed by atoms with E-state index in [-0.39, 0.29) is 6.61 Å². The fourth-order valence-electron chi connectivity index (χ4n) is 1.99. The van der Waals surface area contributed by atoms with Crippen LogP contribution in [0.1, 0.15) is 16.1 Å². The maximum atomic E-state index is 9.19. The summed E-state index contributed by atoms with van der Waals surface area (Å²) < 4.78 is 1.73. The van der Waals surface area contributed by atoms with Gasteiger partial charge in [-0.2, -0.15) is 5.10 Å². The van der Waals surface area contributed by atoms with Crippen molar-refractivity contribution in [3.05, 3.63) is 46.4 Å². The number of aryl methyl sites for hydroxylation is 1. The normalized spacial score (nSPS) is 11.1. The molecule has 2 rings (SSSR count). The van der Waals surface area contributed by atoms with Gasteiger partial charge in [0.25, 0.3) is 0 Å². The molecule has 19 heavy (non-hydrogen) atoms. The zero-order chi connectivity index (χ0) is 13.7. The second-order valence-corrected chi connectivity index (χ2v) is 5.45. The third kappa shape index (κ3) is 3.76. The Morgan fingerprint density at radius 2 is 2.37 bits per heavy atom. The van der Waals surface area contributed by atoms with E-state index >= 15 is 0 Å². The molecule has 4 nitrogen and oxygen atoms in total. The smallest absolute Gasteiger partial charge is 0.0642 e. The van der Waals surface area contributed by atoms with Crippen molar-refractivity contribution < 1.29 is 5.11 Å². The molecule has 0 saturated carbocycles. The lowest BCUT2D eigenvalue weighted by atomic mass is 10.2. The molecule has 0 unspecified atom stereocenters. The summed E-state index contributed by atoms with van der Waals surface area (Å²) in [4.78, 5) is 3.53. The molecular weight excluding hydrogens is 258 g/mol. The molecule has 5 heteroatoms. The monoisotopic (exact) mass is 277 g/mol. The Labute approximate surface area is 117 Å². The summed E-state index contributed by atoms with van der Waals surface area (Å²) in [5.41, 5.74) is 2.18. The predicted octanol–water partition coefficient (Wildman–Crippen LogP) is 2.35. The van der Waals surface area contributed by atoms with Gasteiger partial charge in [0, 0.05) is 42.5 Å². The van der Waals surface area contributed by atoms with Crippen LogP contribution in [0.3, 0.4) is 0 Å². The van der Waals surface area contributed by atoms with Gasteiger partial charge in [0.2, 0.25) is 0 Å². The first kappa shape index (κ1) is 14.0. The van der Waals surface area contributed by atoms with Crippen LogP contribution in [0.2, 0.25) is 0 Å². The second-order valence-electron chi connectivity index (χ2n) is 4.42. The summed E-state index contributed by atoms with van der Waals surface area (Å²) in [6.45, 7) is 8.19. The predicted molar refractivity (Wildman–Crippen MR) is 78.9 cm³/mol. The zero-order valence-corrected chi connectivity index (χ0v) is 11.9. The summed E-state index contributed by atoms with van der Waals surface area (Å²) in [5.74, 6) is 0. The van der Waals surface area contributed by atoms with Crippen molar-refractivity contribution in [3.63, 3.8) is 0 Å². The van der Waals surface area contributed by atoms with Gasteiger partial charge in [-0.3, -0.25) is 4.90 Å². The van der Waals surface area contributed by atoms with Crippen LogP contribution < -0.4 is 0 Å². The van der Waals surface area contributed by atoms with Gasteiger partial charge in [0.1, 0.15) is 0 Å². The van der Waals surface area contributed by atoms with Crippen molar-refractivity contribution in [1.29, 1.82) is 0 Å². The lowest BCUT2D eigenvalue weighted by Gasteiger charge is -2.20. The highest BCUT2D eigenvalue weighted by molar-refractivity contribution is 7.09. The van der Waals surface area contributed by atoms with Crippen LogP contribution in [-0.2, 0) is 13.1 Å². The fourth-order valence-corrected chi connectivity index (χ4v) is 2.73. The molecule has 0 aliphatic carbocycles. The molecular formula is C14H19N3OS. The van der Waals surface area contributed by atoms with Crippen LogP contribution in [0.15, 0.2) is 30.3 Å². The molecule has 2 aromatic heterocycles. The van der Waals surface area contributed by atoms with E-state index < -0.39 is 0 Å². The summed E-state index contributed by atoms with van der Waals surface area (Å²) in [6, 6.07) is 4.17. The average molecular weight is 277 g/mol. The lowest BCUT2D eigenvalue weighted by Crippen LogP contribution is -2.25. The topological polar surface area (TPSA) is 41.3 Å². The SMILES string of the molecule is C=Cn1cc(CN(CCO)Cc2cccs2)c(C)n1. The quantitative estimate of drug-likeness (QED) is 0.844. The van der Waals surface area contributed by atoms with Gasteiger partial charge in [-0.25, -0.2) is 4.68 Å². The highest BCUT2D eigenvalue weighted by Gasteiger charge is 2.11. The van der Waals surface area contributed by atoms with E-state index in [4.69, 9.17) is 0 Å². The second kappa shape index (κ2) is 6.65. The van der Waals surface area contributed by atoms with Crippen molar-refractivity contribution in [2.24, 2.45) is 0 Å². The number of hydrogen-bond donors (Lipinski definition) is 1. The highest BCUT2D eigenvalue weighted by atomic mass is 32.1.